The fourth-order valence-corrected chi connectivity index (χ4v) is 2.64. The quantitative estimate of drug-likeness (QED) is 0.566. The summed E-state index contributed by atoms with van der Waals surface area (Å²) in [7, 11) is 0. The Balaban J connectivity index is 1.60. The van der Waals surface area contributed by atoms with E-state index in [0.29, 0.717) is 17.2 Å². The molecule has 2 saturated heterocycles. The Bertz CT molecular complexity index is 249. The maximum atomic E-state index is 12.0. The molecule has 3 rings (SSSR count). The van der Waals surface area contributed by atoms with Crippen LogP contribution in [0.15, 0.2) is 0 Å². The van der Waals surface area contributed by atoms with Crippen LogP contribution in [0.1, 0.15) is 6.42 Å². The van der Waals surface area contributed by atoms with E-state index in [-0.39, 0.29) is 0 Å². The third-order valence-electron chi connectivity index (χ3n) is 3.87. The molecule has 1 amide bonds. The zero-order valence-corrected chi connectivity index (χ0v) is 8.38. The molecule has 4 heteroatoms. The third-order valence-corrected chi connectivity index (χ3v) is 3.87. The van der Waals surface area contributed by atoms with Crippen molar-refractivity contribution >= 4 is 5.91 Å². The summed E-state index contributed by atoms with van der Waals surface area (Å²) >= 11 is 0. The van der Waals surface area contributed by atoms with Crippen molar-refractivity contribution in [3.8, 4) is 0 Å². The molecular formula is C10H17N3O. The molecule has 0 bridgehead atoms. The van der Waals surface area contributed by atoms with Crippen molar-refractivity contribution in [2.45, 2.75) is 6.42 Å². The number of hydrogen-bond donors (Lipinski definition) is 2. The first-order valence-corrected chi connectivity index (χ1v) is 5.52. The van der Waals surface area contributed by atoms with Gasteiger partial charge in [0.25, 0.3) is 0 Å². The number of nitrogens with one attached hydrogen (secondary N) is 2. The molecule has 1 saturated carbocycles. The van der Waals surface area contributed by atoms with Crippen LogP contribution in [0, 0.1) is 11.3 Å². The molecule has 78 valence electrons. The standard InChI is InChI=1S/C10H17N3O/c14-9(13-3-1-11-2-4-13)8-5-10(8)6-12-7-10/h8,11-12H,1-7H2. The minimum absolute atomic E-state index is 0.349. The van der Waals surface area contributed by atoms with Gasteiger partial charge in [-0.05, 0) is 6.42 Å². The number of piperazine rings is 1. The molecule has 2 heterocycles. The van der Waals surface area contributed by atoms with Gasteiger partial charge in [0.2, 0.25) is 5.91 Å². The number of carbonyl (C=O) groups excluding carboxylic acids is 1. The molecule has 3 aliphatic rings. The van der Waals surface area contributed by atoms with Gasteiger partial charge in [0.1, 0.15) is 0 Å². The molecule has 14 heavy (non-hydrogen) atoms. The summed E-state index contributed by atoms with van der Waals surface area (Å²) in [5.41, 5.74) is 0.391. The Hall–Kier alpha value is -0.610. The van der Waals surface area contributed by atoms with Gasteiger partial charge in [0, 0.05) is 50.6 Å². The van der Waals surface area contributed by atoms with Gasteiger partial charge in [-0.2, -0.15) is 0 Å². The van der Waals surface area contributed by atoms with Crippen LogP contribution < -0.4 is 10.6 Å². The van der Waals surface area contributed by atoms with Crippen LogP contribution >= 0.6 is 0 Å². The zero-order chi connectivity index (χ0) is 9.60. The highest BCUT2D eigenvalue weighted by molar-refractivity contribution is 5.83. The van der Waals surface area contributed by atoms with Gasteiger partial charge in [0.05, 0.1) is 0 Å². The largest absolute Gasteiger partial charge is 0.340 e. The average Bonchev–Trinajstić information content (AvgIpc) is 2.93. The van der Waals surface area contributed by atoms with Crippen molar-refractivity contribution < 1.29 is 4.79 Å². The lowest BCUT2D eigenvalue weighted by molar-refractivity contribution is -0.134. The van der Waals surface area contributed by atoms with Crippen molar-refractivity contribution in [2.24, 2.45) is 11.3 Å². The van der Waals surface area contributed by atoms with Crippen LogP contribution in [0.4, 0.5) is 0 Å². The Morgan fingerprint density at radius 2 is 1.93 bits per heavy atom. The highest BCUT2D eigenvalue weighted by Gasteiger charge is 2.62. The molecular weight excluding hydrogens is 178 g/mol. The lowest BCUT2D eigenvalue weighted by Crippen LogP contribution is -2.50. The van der Waals surface area contributed by atoms with Crippen LogP contribution in [-0.2, 0) is 4.79 Å². The third kappa shape index (κ3) is 1.17. The first-order valence-electron chi connectivity index (χ1n) is 5.52. The van der Waals surface area contributed by atoms with E-state index in [1.807, 2.05) is 4.90 Å². The molecule has 2 aliphatic heterocycles. The molecule has 3 fully saturated rings. The Kier molecular flexibility index (Phi) is 1.82. The van der Waals surface area contributed by atoms with Gasteiger partial charge < -0.3 is 15.5 Å². The minimum Gasteiger partial charge on any atom is -0.340 e. The zero-order valence-electron chi connectivity index (χ0n) is 8.38. The fraction of sp³-hybridized carbons (Fsp3) is 0.900. The van der Waals surface area contributed by atoms with Gasteiger partial charge in [-0.3, -0.25) is 4.79 Å². The number of carbonyl (C=O) groups is 1. The van der Waals surface area contributed by atoms with E-state index in [2.05, 4.69) is 10.6 Å². The summed E-state index contributed by atoms with van der Waals surface area (Å²) in [6.45, 7) is 5.86. The molecule has 1 aliphatic carbocycles. The van der Waals surface area contributed by atoms with Gasteiger partial charge in [-0.1, -0.05) is 0 Å². The first-order chi connectivity index (χ1) is 6.82. The summed E-state index contributed by atoms with van der Waals surface area (Å²) < 4.78 is 0. The van der Waals surface area contributed by atoms with Gasteiger partial charge >= 0.3 is 0 Å². The highest BCUT2D eigenvalue weighted by Crippen LogP contribution is 2.55. The van der Waals surface area contributed by atoms with Gasteiger partial charge in [-0.25, -0.2) is 0 Å². The van der Waals surface area contributed by atoms with Crippen LogP contribution in [0.3, 0.4) is 0 Å². The molecule has 0 aromatic carbocycles. The van der Waals surface area contributed by atoms with E-state index in [0.717, 1.165) is 45.7 Å². The number of rotatable bonds is 1. The van der Waals surface area contributed by atoms with Gasteiger partial charge in [-0.15, -0.1) is 0 Å². The van der Waals surface area contributed by atoms with Crippen molar-refractivity contribution in [3.63, 3.8) is 0 Å². The van der Waals surface area contributed by atoms with E-state index in [1.54, 1.807) is 0 Å². The first kappa shape index (κ1) is 8.68. The van der Waals surface area contributed by atoms with E-state index < -0.39 is 0 Å². The van der Waals surface area contributed by atoms with Crippen LogP contribution in [0.25, 0.3) is 0 Å². The molecule has 1 unspecified atom stereocenters. The van der Waals surface area contributed by atoms with Crippen molar-refractivity contribution in [1.82, 2.24) is 15.5 Å². The summed E-state index contributed by atoms with van der Waals surface area (Å²) in [5.74, 6) is 0.759. The Morgan fingerprint density at radius 1 is 1.21 bits per heavy atom. The van der Waals surface area contributed by atoms with E-state index >= 15 is 0 Å². The molecule has 0 aromatic rings. The van der Waals surface area contributed by atoms with Crippen molar-refractivity contribution in [2.75, 3.05) is 39.3 Å². The molecule has 0 aromatic heterocycles. The predicted octanol–water partition coefficient (Wildman–Crippen LogP) is -0.972. The summed E-state index contributed by atoms with van der Waals surface area (Å²) in [6.07, 6.45) is 1.13. The Morgan fingerprint density at radius 3 is 2.43 bits per heavy atom. The second-order valence-electron chi connectivity index (χ2n) is 4.80. The fourth-order valence-electron chi connectivity index (χ4n) is 2.64. The number of nitrogens with zero attached hydrogens (tertiary/aromatic N) is 1. The van der Waals surface area contributed by atoms with Crippen LogP contribution in [0.5, 0.6) is 0 Å². The minimum atomic E-state index is 0.349. The summed E-state index contributed by atoms with van der Waals surface area (Å²) in [6, 6.07) is 0. The molecule has 1 spiro atoms. The predicted molar refractivity (Wildman–Crippen MR) is 52.9 cm³/mol. The average molecular weight is 195 g/mol. The van der Waals surface area contributed by atoms with E-state index in [1.165, 1.54) is 0 Å². The van der Waals surface area contributed by atoms with E-state index in [4.69, 9.17) is 0 Å². The monoisotopic (exact) mass is 195 g/mol. The van der Waals surface area contributed by atoms with Crippen molar-refractivity contribution in [1.29, 1.82) is 0 Å². The van der Waals surface area contributed by atoms with E-state index in [9.17, 15) is 4.79 Å². The van der Waals surface area contributed by atoms with Crippen molar-refractivity contribution in [3.05, 3.63) is 0 Å². The second-order valence-corrected chi connectivity index (χ2v) is 4.80. The maximum absolute atomic E-state index is 12.0. The maximum Gasteiger partial charge on any atom is 0.226 e. The summed E-state index contributed by atoms with van der Waals surface area (Å²) in [4.78, 5) is 14.1. The normalized spacial score (nSPS) is 34.0. The SMILES string of the molecule is O=C(C1CC12CNC2)N1CCNCC1. The molecule has 1 atom stereocenters. The molecule has 4 nitrogen and oxygen atoms in total. The molecule has 0 radical (unpaired) electrons. The summed E-state index contributed by atoms with van der Waals surface area (Å²) in [5, 5.41) is 6.54. The smallest absolute Gasteiger partial charge is 0.226 e. The Labute approximate surface area is 84.0 Å². The van der Waals surface area contributed by atoms with Crippen LogP contribution in [-0.4, -0.2) is 50.1 Å². The lowest BCUT2D eigenvalue weighted by atomic mass is 9.96. The molecule has 2 N–H and O–H groups in total. The highest BCUT2D eigenvalue weighted by atomic mass is 16.2. The lowest BCUT2D eigenvalue weighted by Gasteiger charge is -2.32. The number of hydrogen-bond acceptors (Lipinski definition) is 3. The number of amides is 1. The topological polar surface area (TPSA) is 44.4 Å². The van der Waals surface area contributed by atoms with Gasteiger partial charge in [0.15, 0.2) is 0 Å². The van der Waals surface area contributed by atoms with Crippen LogP contribution in [0.2, 0.25) is 0 Å². The second kappa shape index (κ2) is 2.94.